The first-order valence-corrected chi connectivity index (χ1v) is 7.64. The molecule has 0 spiro atoms. The maximum absolute atomic E-state index is 12.6. The second-order valence-corrected chi connectivity index (χ2v) is 6.82. The molecular formula is C12H17N3O2S. The molecule has 18 heavy (non-hydrogen) atoms. The van der Waals surface area contributed by atoms with Gasteiger partial charge in [0, 0.05) is 25.3 Å². The number of rotatable bonds is 2. The summed E-state index contributed by atoms with van der Waals surface area (Å²) in [6, 6.07) is 0.142. The average Bonchev–Trinajstić information content (AvgIpc) is 2.79. The van der Waals surface area contributed by atoms with Gasteiger partial charge in [0.15, 0.2) is 5.03 Å². The number of hydrogen-bond acceptors (Lipinski definition) is 3. The first-order chi connectivity index (χ1) is 8.50. The van der Waals surface area contributed by atoms with E-state index >= 15 is 0 Å². The maximum Gasteiger partial charge on any atom is 0.262 e. The van der Waals surface area contributed by atoms with Crippen molar-refractivity contribution in [2.75, 3.05) is 0 Å². The van der Waals surface area contributed by atoms with Crippen molar-refractivity contribution in [3.8, 4) is 0 Å². The monoisotopic (exact) mass is 267 g/mol. The summed E-state index contributed by atoms with van der Waals surface area (Å²) in [7, 11) is -1.64. The summed E-state index contributed by atoms with van der Waals surface area (Å²) in [5.41, 5.74) is 0. The molecule has 2 aliphatic heterocycles. The molecule has 1 fully saturated rings. The van der Waals surface area contributed by atoms with E-state index in [1.54, 1.807) is 15.1 Å². The zero-order chi connectivity index (χ0) is 12.9. The van der Waals surface area contributed by atoms with Gasteiger partial charge in [-0.15, -0.1) is 0 Å². The summed E-state index contributed by atoms with van der Waals surface area (Å²) in [5, 5.41) is 0.176. The Morgan fingerprint density at radius 2 is 2.17 bits per heavy atom. The second kappa shape index (κ2) is 3.93. The summed E-state index contributed by atoms with van der Waals surface area (Å²) < 4.78 is 28.7. The van der Waals surface area contributed by atoms with E-state index in [4.69, 9.17) is 0 Å². The van der Waals surface area contributed by atoms with Crippen molar-refractivity contribution in [3.05, 3.63) is 24.2 Å². The predicted molar refractivity (Wildman–Crippen MR) is 67.5 cm³/mol. The molecule has 2 aliphatic rings. The largest absolute Gasteiger partial charge is 0.337 e. The van der Waals surface area contributed by atoms with Crippen molar-refractivity contribution < 1.29 is 8.42 Å². The van der Waals surface area contributed by atoms with Crippen LogP contribution in [0.3, 0.4) is 0 Å². The van der Waals surface area contributed by atoms with Crippen molar-refractivity contribution in [3.63, 3.8) is 0 Å². The topological polar surface area (TPSA) is 55.2 Å². The van der Waals surface area contributed by atoms with Crippen molar-refractivity contribution in [1.82, 2.24) is 13.9 Å². The van der Waals surface area contributed by atoms with Crippen molar-refractivity contribution in [2.45, 2.75) is 43.3 Å². The summed E-state index contributed by atoms with van der Waals surface area (Å²) in [4.78, 5) is 4.16. The molecule has 1 aromatic heterocycles. The number of hydrogen-bond donors (Lipinski definition) is 0. The highest BCUT2D eigenvalue weighted by molar-refractivity contribution is 7.89. The molecule has 2 bridgehead atoms. The third kappa shape index (κ3) is 1.63. The normalized spacial score (nSPS) is 27.9. The van der Waals surface area contributed by atoms with Gasteiger partial charge >= 0.3 is 0 Å². The van der Waals surface area contributed by atoms with Crippen LogP contribution in [0.5, 0.6) is 0 Å². The molecule has 1 saturated heterocycles. The summed E-state index contributed by atoms with van der Waals surface area (Å²) in [6.45, 7) is 1.81. The molecule has 0 amide bonds. The first kappa shape index (κ1) is 11.9. The van der Waals surface area contributed by atoms with E-state index in [-0.39, 0.29) is 17.1 Å². The highest BCUT2D eigenvalue weighted by atomic mass is 32.2. The highest BCUT2D eigenvalue weighted by Gasteiger charge is 2.43. The van der Waals surface area contributed by atoms with Crippen LogP contribution in [0, 0.1) is 6.92 Å². The van der Waals surface area contributed by atoms with Gasteiger partial charge in [-0.05, 0) is 26.2 Å². The molecule has 0 saturated carbocycles. The molecule has 98 valence electrons. The van der Waals surface area contributed by atoms with Gasteiger partial charge in [-0.2, -0.15) is 4.31 Å². The lowest BCUT2D eigenvalue weighted by atomic mass is 10.2. The van der Waals surface area contributed by atoms with Gasteiger partial charge in [-0.1, -0.05) is 12.2 Å². The van der Waals surface area contributed by atoms with Crippen LogP contribution in [-0.2, 0) is 17.1 Å². The van der Waals surface area contributed by atoms with Gasteiger partial charge in [-0.3, -0.25) is 0 Å². The SMILES string of the molecule is Cc1nc(S(=O)(=O)N2C3C=CCC2CC3)cn1C. The van der Waals surface area contributed by atoms with Gasteiger partial charge in [0.2, 0.25) is 0 Å². The number of sulfonamides is 1. The van der Waals surface area contributed by atoms with Crippen molar-refractivity contribution in [1.29, 1.82) is 0 Å². The number of aromatic nitrogens is 2. The lowest BCUT2D eigenvalue weighted by molar-refractivity contribution is 0.340. The van der Waals surface area contributed by atoms with E-state index in [2.05, 4.69) is 11.1 Å². The van der Waals surface area contributed by atoms with Crippen LogP contribution >= 0.6 is 0 Å². The molecule has 2 unspecified atom stereocenters. The molecule has 0 radical (unpaired) electrons. The fourth-order valence-electron chi connectivity index (χ4n) is 2.82. The van der Waals surface area contributed by atoms with Gasteiger partial charge < -0.3 is 4.57 Å². The van der Waals surface area contributed by atoms with E-state index in [1.165, 1.54) is 0 Å². The fourth-order valence-corrected chi connectivity index (χ4v) is 4.69. The molecule has 3 rings (SSSR count). The molecule has 1 aromatic rings. The minimum Gasteiger partial charge on any atom is -0.337 e. The fraction of sp³-hybridized carbons (Fsp3) is 0.583. The molecule has 3 heterocycles. The van der Waals surface area contributed by atoms with Crippen molar-refractivity contribution >= 4 is 10.0 Å². The van der Waals surface area contributed by atoms with Crippen LogP contribution < -0.4 is 0 Å². The Kier molecular flexibility index (Phi) is 2.60. The minimum atomic E-state index is -3.45. The maximum atomic E-state index is 12.6. The zero-order valence-corrected chi connectivity index (χ0v) is 11.4. The third-order valence-corrected chi connectivity index (χ3v) is 5.73. The number of aryl methyl sites for hydroxylation is 2. The predicted octanol–water partition coefficient (Wildman–Crippen LogP) is 1.21. The smallest absolute Gasteiger partial charge is 0.262 e. The summed E-state index contributed by atoms with van der Waals surface area (Å²) >= 11 is 0. The molecule has 0 aliphatic carbocycles. The van der Waals surface area contributed by atoms with Gasteiger partial charge in [0.05, 0.1) is 0 Å². The first-order valence-electron chi connectivity index (χ1n) is 6.20. The minimum absolute atomic E-state index is 0.0241. The van der Waals surface area contributed by atoms with Gasteiger partial charge in [0.25, 0.3) is 10.0 Å². The highest BCUT2D eigenvalue weighted by Crippen LogP contribution is 2.36. The standard InChI is InChI=1S/C12H17N3O2S/c1-9-13-12(8-14(9)2)18(16,17)15-10-4-3-5-11(15)7-6-10/h3-4,8,10-11H,5-7H2,1-2H3. The number of fused-ring (bicyclic) bond motifs is 2. The number of nitrogens with zero attached hydrogens (tertiary/aromatic N) is 3. The Hall–Kier alpha value is -1.14. The Balaban J connectivity index is 2.03. The second-order valence-electron chi connectivity index (χ2n) is 5.03. The molecule has 0 aromatic carbocycles. The van der Waals surface area contributed by atoms with Crippen LogP contribution in [0.25, 0.3) is 0 Å². The van der Waals surface area contributed by atoms with Crippen LogP contribution in [-0.4, -0.2) is 34.4 Å². The van der Waals surface area contributed by atoms with Crippen LogP contribution in [0.1, 0.15) is 25.1 Å². The van der Waals surface area contributed by atoms with Crippen LogP contribution in [0.2, 0.25) is 0 Å². The summed E-state index contributed by atoms with van der Waals surface area (Å²) in [6.07, 6.45) is 8.40. The lowest BCUT2D eigenvalue weighted by Gasteiger charge is -2.29. The number of imidazole rings is 1. The molecular weight excluding hydrogens is 250 g/mol. The Labute approximate surface area is 107 Å². The van der Waals surface area contributed by atoms with Gasteiger partial charge in [0.1, 0.15) is 5.82 Å². The molecule has 0 N–H and O–H groups in total. The zero-order valence-electron chi connectivity index (χ0n) is 10.6. The quantitative estimate of drug-likeness (QED) is 0.757. The molecule has 2 atom stereocenters. The Morgan fingerprint density at radius 1 is 1.39 bits per heavy atom. The average molecular weight is 267 g/mol. The lowest BCUT2D eigenvalue weighted by Crippen LogP contribution is -2.42. The van der Waals surface area contributed by atoms with E-state index in [0.29, 0.717) is 5.82 Å². The van der Waals surface area contributed by atoms with E-state index in [0.717, 1.165) is 19.3 Å². The van der Waals surface area contributed by atoms with Crippen LogP contribution in [0.15, 0.2) is 23.4 Å². The van der Waals surface area contributed by atoms with E-state index in [1.807, 2.05) is 20.0 Å². The van der Waals surface area contributed by atoms with E-state index in [9.17, 15) is 8.42 Å². The van der Waals surface area contributed by atoms with Gasteiger partial charge in [-0.25, -0.2) is 13.4 Å². The third-order valence-electron chi connectivity index (χ3n) is 3.88. The Bertz CT molecular complexity index is 583. The summed E-state index contributed by atoms with van der Waals surface area (Å²) in [5.74, 6) is 0.716. The molecule has 6 heteroatoms. The van der Waals surface area contributed by atoms with E-state index < -0.39 is 10.0 Å². The Morgan fingerprint density at radius 3 is 2.78 bits per heavy atom. The van der Waals surface area contributed by atoms with Crippen LogP contribution in [0.4, 0.5) is 0 Å². The molecule has 5 nitrogen and oxygen atoms in total. The van der Waals surface area contributed by atoms with Crippen molar-refractivity contribution in [2.24, 2.45) is 7.05 Å².